The van der Waals surface area contributed by atoms with Gasteiger partial charge in [-0.1, -0.05) is 60.7 Å². The van der Waals surface area contributed by atoms with Gasteiger partial charge in [-0.15, -0.1) is 0 Å². The highest BCUT2D eigenvalue weighted by Crippen LogP contribution is 2.28. The zero-order chi connectivity index (χ0) is 22.4. The average Bonchev–Trinajstić information content (AvgIpc) is 2.77. The summed E-state index contributed by atoms with van der Waals surface area (Å²) in [4.78, 5) is 13.2. The fourth-order valence-electron chi connectivity index (χ4n) is 3.39. The van der Waals surface area contributed by atoms with Gasteiger partial charge in [0.05, 0.1) is 37.2 Å². The van der Waals surface area contributed by atoms with E-state index in [-0.39, 0.29) is 24.1 Å². The number of amides is 1. The highest BCUT2D eigenvalue weighted by Gasteiger charge is 2.24. The van der Waals surface area contributed by atoms with Crippen molar-refractivity contribution in [2.24, 2.45) is 0 Å². The number of methoxy groups -OCH3 is 1. The molecule has 0 saturated heterocycles. The van der Waals surface area contributed by atoms with Crippen molar-refractivity contribution in [2.45, 2.75) is 19.5 Å². The molecule has 1 amide bonds. The monoisotopic (exact) mass is 438 g/mol. The molecule has 0 aromatic heterocycles. The van der Waals surface area contributed by atoms with Gasteiger partial charge in [0.15, 0.2) is 0 Å². The van der Waals surface area contributed by atoms with Crippen molar-refractivity contribution in [1.82, 2.24) is 5.32 Å². The van der Waals surface area contributed by atoms with Crippen LogP contribution in [0.5, 0.6) is 5.75 Å². The Morgan fingerprint density at radius 2 is 1.58 bits per heavy atom. The summed E-state index contributed by atoms with van der Waals surface area (Å²) in [5, 5.41) is 2.96. The lowest BCUT2D eigenvalue weighted by atomic mass is 10.1. The van der Waals surface area contributed by atoms with Crippen LogP contribution in [-0.4, -0.2) is 27.7 Å². The number of nitrogens with one attached hydrogen (secondary N) is 1. The number of carbonyl (C=O) groups is 1. The van der Waals surface area contributed by atoms with Gasteiger partial charge in [-0.25, -0.2) is 8.42 Å². The van der Waals surface area contributed by atoms with Gasteiger partial charge in [0, 0.05) is 5.56 Å². The molecule has 0 bridgehead atoms. The highest BCUT2D eigenvalue weighted by molar-refractivity contribution is 7.92. The number of nitrogens with zero attached hydrogens (tertiary/aromatic N) is 1. The zero-order valence-corrected chi connectivity index (χ0v) is 18.6. The van der Waals surface area contributed by atoms with Crippen molar-refractivity contribution < 1.29 is 17.9 Å². The predicted molar refractivity (Wildman–Crippen MR) is 123 cm³/mol. The van der Waals surface area contributed by atoms with E-state index in [9.17, 15) is 13.2 Å². The molecule has 0 fully saturated rings. The molecule has 0 saturated carbocycles. The Bertz CT molecular complexity index is 1150. The van der Waals surface area contributed by atoms with Gasteiger partial charge in [-0.2, -0.15) is 0 Å². The van der Waals surface area contributed by atoms with Gasteiger partial charge < -0.3 is 10.1 Å². The number of benzene rings is 3. The summed E-state index contributed by atoms with van der Waals surface area (Å²) in [6.07, 6.45) is 1.14. The summed E-state index contributed by atoms with van der Waals surface area (Å²) in [6.45, 7) is 1.99. The first kappa shape index (κ1) is 22.4. The van der Waals surface area contributed by atoms with E-state index >= 15 is 0 Å². The summed E-state index contributed by atoms with van der Waals surface area (Å²) in [7, 11) is -2.05. The number of anilines is 1. The molecule has 6 nitrogen and oxygen atoms in total. The summed E-state index contributed by atoms with van der Waals surface area (Å²) in [5.41, 5.74) is 2.27. The van der Waals surface area contributed by atoms with Gasteiger partial charge >= 0.3 is 0 Å². The smallest absolute Gasteiger partial charge is 0.253 e. The minimum atomic E-state index is -3.63. The van der Waals surface area contributed by atoms with E-state index in [2.05, 4.69) is 5.32 Å². The van der Waals surface area contributed by atoms with Gasteiger partial charge in [-0.3, -0.25) is 9.10 Å². The standard InChI is InChI=1S/C24H26N2O4S/c1-18(20-13-8-10-16-23(20)30-2)25-24(27)21-14-7-9-15-22(21)26(31(3,28)29)17-19-11-5-4-6-12-19/h4-16,18H,17H2,1-3H3,(H,25,27)/t18-/m0/s1. The van der Waals surface area contributed by atoms with Crippen LogP contribution in [0.3, 0.4) is 0 Å². The van der Waals surface area contributed by atoms with Crippen molar-refractivity contribution in [1.29, 1.82) is 0 Å². The third kappa shape index (κ3) is 5.44. The second-order valence-electron chi connectivity index (χ2n) is 7.21. The Kier molecular flexibility index (Phi) is 6.97. The highest BCUT2D eigenvalue weighted by atomic mass is 32.2. The summed E-state index contributed by atoms with van der Waals surface area (Å²) < 4.78 is 31.9. The topological polar surface area (TPSA) is 75.7 Å². The van der Waals surface area contributed by atoms with E-state index in [1.807, 2.05) is 61.5 Å². The Morgan fingerprint density at radius 3 is 2.26 bits per heavy atom. The molecule has 0 radical (unpaired) electrons. The molecule has 162 valence electrons. The number of hydrogen-bond donors (Lipinski definition) is 1. The second kappa shape index (κ2) is 9.66. The second-order valence-corrected chi connectivity index (χ2v) is 9.12. The maximum atomic E-state index is 13.2. The summed E-state index contributed by atoms with van der Waals surface area (Å²) in [5.74, 6) is 0.307. The molecule has 3 aromatic carbocycles. The number of rotatable bonds is 8. The number of para-hydroxylation sites is 2. The molecule has 0 unspecified atom stereocenters. The summed E-state index contributed by atoms with van der Waals surface area (Å²) >= 11 is 0. The molecular formula is C24H26N2O4S. The lowest BCUT2D eigenvalue weighted by Crippen LogP contribution is -2.33. The van der Waals surface area contributed by atoms with Gasteiger partial charge in [0.1, 0.15) is 5.75 Å². The normalized spacial score (nSPS) is 12.1. The molecular weight excluding hydrogens is 412 g/mol. The van der Waals surface area contributed by atoms with Crippen LogP contribution in [0.15, 0.2) is 78.9 Å². The first-order valence-corrected chi connectivity index (χ1v) is 11.7. The van der Waals surface area contributed by atoms with Crippen molar-refractivity contribution in [3.63, 3.8) is 0 Å². The van der Waals surface area contributed by atoms with E-state index in [1.165, 1.54) is 4.31 Å². The number of hydrogen-bond acceptors (Lipinski definition) is 4. The average molecular weight is 439 g/mol. The summed E-state index contributed by atoms with van der Waals surface area (Å²) in [6, 6.07) is 23.1. The number of sulfonamides is 1. The van der Waals surface area contributed by atoms with Crippen molar-refractivity contribution in [3.05, 3.63) is 95.6 Å². The Balaban J connectivity index is 1.93. The number of ether oxygens (including phenoxy) is 1. The third-order valence-electron chi connectivity index (χ3n) is 4.94. The fourth-order valence-corrected chi connectivity index (χ4v) is 4.29. The van der Waals surface area contributed by atoms with Crippen molar-refractivity contribution in [2.75, 3.05) is 17.7 Å². The van der Waals surface area contributed by atoms with Crippen LogP contribution >= 0.6 is 0 Å². The SMILES string of the molecule is COc1ccccc1[C@H](C)NC(=O)c1ccccc1N(Cc1ccccc1)S(C)(=O)=O. The maximum Gasteiger partial charge on any atom is 0.253 e. The minimum absolute atomic E-state index is 0.131. The Hall–Kier alpha value is -3.32. The minimum Gasteiger partial charge on any atom is -0.496 e. The molecule has 0 spiro atoms. The Labute approximate surface area is 183 Å². The van der Waals surface area contributed by atoms with Gasteiger partial charge in [0.25, 0.3) is 5.91 Å². The van der Waals surface area contributed by atoms with E-state index in [0.29, 0.717) is 11.4 Å². The van der Waals surface area contributed by atoms with Gasteiger partial charge in [0.2, 0.25) is 10.0 Å². The first-order valence-electron chi connectivity index (χ1n) is 9.85. The molecule has 3 rings (SSSR count). The van der Waals surface area contributed by atoms with E-state index in [1.54, 1.807) is 31.4 Å². The molecule has 3 aromatic rings. The van der Waals surface area contributed by atoms with Crippen LogP contribution in [0.25, 0.3) is 0 Å². The van der Waals surface area contributed by atoms with Crippen LogP contribution in [0.4, 0.5) is 5.69 Å². The molecule has 1 atom stereocenters. The molecule has 31 heavy (non-hydrogen) atoms. The zero-order valence-electron chi connectivity index (χ0n) is 17.8. The van der Waals surface area contributed by atoms with E-state index in [4.69, 9.17) is 4.74 Å². The van der Waals surface area contributed by atoms with Crippen LogP contribution in [0, 0.1) is 0 Å². The van der Waals surface area contributed by atoms with Crippen LogP contribution in [0.2, 0.25) is 0 Å². The fraction of sp³-hybridized carbons (Fsp3) is 0.208. The molecule has 1 N–H and O–H groups in total. The lowest BCUT2D eigenvalue weighted by Gasteiger charge is -2.25. The first-order chi connectivity index (χ1) is 14.8. The molecule has 0 aliphatic carbocycles. The molecule has 0 aliphatic heterocycles. The van der Waals surface area contributed by atoms with Crippen molar-refractivity contribution in [3.8, 4) is 5.75 Å². The van der Waals surface area contributed by atoms with E-state index < -0.39 is 10.0 Å². The lowest BCUT2D eigenvalue weighted by molar-refractivity contribution is 0.0940. The molecule has 0 aliphatic rings. The molecule has 7 heteroatoms. The van der Waals surface area contributed by atoms with Crippen LogP contribution < -0.4 is 14.4 Å². The predicted octanol–water partition coefficient (Wildman–Crippen LogP) is 4.15. The van der Waals surface area contributed by atoms with E-state index in [0.717, 1.165) is 17.4 Å². The quantitative estimate of drug-likeness (QED) is 0.573. The largest absolute Gasteiger partial charge is 0.496 e. The van der Waals surface area contributed by atoms with Gasteiger partial charge in [-0.05, 0) is 30.7 Å². The van der Waals surface area contributed by atoms with Crippen LogP contribution in [-0.2, 0) is 16.6 Å². The third-order valence-corrected chi connectivity index (χ3v) is 6.07. The van der Waals surface area contributed by atoms with Crippen molar-refractivity contribution >= 4 is 21.6 Å². The molecule has 0 heterocycles. The Morgan fingerprint density at radius 1 is 0.968 bits per heavy atom. The maximum absolute atomic E-state index is 13.2. The number of carbonyl (C=O) groups excluding carboxylic acids is 1. The van der Waals surface area contributed by atoms with Crippen LogP contribution in [0.1, 0.15) is 34.5 Å².